The molecule has 2 nitrogen and oxygen atoms in total. The van der Waals surface area contributed by atoms with Crippen LogP contribution in [0.15, 0.2) is 11.3 Å². The van der Waals surface area contributed by atoms with E-state index in [0.717, 1.165) is 13.2 Å². The summed E-state index contributed by atoms with van der Waals surface area (Å²) in [5, 5.41) is 0. The number of ether oxygens (including phenoxy) is 2. The molecule has 2 aliphatic rings. The predicted molar refractivity (Wildman–Crippen MR) is 59.8 cm³/mol. The van der Waals surface area contributed by atoms with Crippen LogP contribution < -0.4 is 0 Å². The van der Waals surface area contributed by atoms with Crippen LogP contribution in [0.25, 0.3) is 0 Å². The minimum atomic E-state index is -1.10. The summed E-state index contributed by atoms with van der Waals surface area (Å²) in [6.07, 6.45) is 2.51. The van der Waals surface area contributed by atoms with E-state index in [-0.39, 0.29) is 6.29 Å². The third-order valence-electron chi connectivity index (χ3n) is 2.78. The summed E-state index contributed by atoms with van der Waals surface area (Å²) in [7, 11) is -1.10. The second-order valence-corrected chi connectivity index (χ2v) is 10.4. The van der Waals surface area contributed by atoms with Crippen molar-refractivity contribution < 1.29 is 9.47 Å². The van der Waals surface area contributed by atoms with Crippen molar-refractivity contribution in [1.29, 1.82) is 0 Å². The third-order valence-corrected chi connectivity index (χ3v) is 4.02. The molecular weight excluding hydrogens is 192 g/mol. The lowest BCUT2D eigenvalue weighted by atomic mass is 9.96. The smallest absolute Gasteiger partial charge is 0.164 e. The predicted octanol–water partition coefficient (Wildman–Crippen LogP) is 2.57. The molecule has 0 radical (unpaired) electrons. The molecule has 2 heterocycles. The number of fused-ring (bicyclic) bond motifs is 1. The fourth-order valence-corrected chi connectivity index (χ4v) is 3.68. The lowest BCUT2D eigenvalue weighted by Crippen LogP contribution is -2.27. The van der Waals surface area contributed by atoms with Crippen LogP contribution >= 0.6 is 0 Å². The van der Waals surface area contributed by atoms with Gasteiger partial charge in [-0.15, -0.1) is 0 Å². The fraction of sp³-hybridized carbons (Fsp3) is 0.818. The summed E-state index contributed by atoms with van der Waals surface area (Å²) >= 11 is 0. The maximum Gasteiger partial charge on any atom is 0.164 e. The zero-order chi connectivity index (χ0) is 10.2. The molecular formula is C11H20O2Si. The Morgan fingerprint density at radius 2 is 2.07 bits per heavy atom. The fourth-order valence-electron chi connectivity index (χ4n) is 2.27. The Morgan fingerprint density at radius 3 is 2.79 bits per heavy atom. The van der Waals surface area contributed by atoms with Gasteiger partial charge >= 0.3 is 0 Å². The average Bonchev–Trinajstić information content (AvgIpc) is 2.47. The van der Waals surface area contributed by atoms with Crippen LogP contribution in [0.4, 0.5) is 0 Å². The van der Waals surface area contributed by atoms with Gasteiger partial charge in [0.2, 0.25) is 0 Å². The monoisotopic (exact) mass is 212 g/mol. The lowest BCUT2D eigenvalue weighted by Gasteiger charge is -2.25. The molecule has 2 rings (SSSR count). The molecule has 0 bridgehead atoms. The summed E-state index contributed by atoms with van der Waals surface area (Å²) in [4.78, 5) is 0. The zero-order valence-electron chi connectivity index (χ0n) is 9.38. The van der Waals surface area contributed by atoms with Gasteiger partial charge in [0.05, 0.1) is 14.7 Å². The van der Waals surface area contributed by atoms with Gasteiger partial charge in [0.1, 0.15) is 0 Å². The Bertz CT molecular complexity index is 242. The highest BCUT2D eigenvalue weighted by molar-refractivity contribution is 6.81. The SMILES string of the molecule is C[Si](C)(C)/C=C1/COC2OCCCC12. The van der Waals surface area contributed by atoms with E-state index in [1.165, 1.54) is 18.4 Å². The van der Waals surface area contributed by atoms with E-state index in [2.05, 4.69) is 25.3 Å². The van der Waals surface area contributed by atoms with Crippen LogP contribution in [0.2, 0.25) is 19.6 Å². The van der Waals surface area contributed by atoms with Crippen molar-refractivity contribution in [2.45, 2.75) is 38.8 Å². The molecule has 0 amide bonds. The molecule has 3 heteroatoms. The van der Waals surface area contributed by atoms with Gasteiger partial charge in [-0.1, -0.05) is 25.3 Å². The molecule has 0 aromatic carbocycles. The van der Waals surface area contributed by atoms with Crippen LogP contribution in [0, 0.1) is 5.92 Å². The molecule has 0 saturated carbocycles. The molecule has 80 valence electrons. The maximum atomic E-state index is 5.65. The van der Waals surface area contributed by atoms with E-state index in [0.29, 0.717) is 5.92 Å². The number of rotatable bonds is 1. The molecule has 14 heavy (non-hydrogen) atoms. The molecule has 2 atom stereocenters. The zero-order valence-corrected chi connectivity index (χ0v) is 10.4. The first-order valence-corrected chi connectivity index (χ1v) is 9.09. The number of hydrogen-bond donors (Lipinski definition) is 0. The molecule has 0 aromatic heterocycles. The van der Waals surface area contributed by atoms with E-state index in [1.54, 1.807) is 0 Å². The largest absolute Gasteiger partial charge is 0.352 e. The van der Waals surface area contributed by atoms with Crippen LogP contribution in [-0.2, 0) is 9.47 Å². The van der Waals surface area contributed by atoms with E-state index < -0.39 is 8.07 Å². The summed E-state index contributed by atoms with van der Waals surface area (Å²) in [6, 6.07) is 0. The quantitative estimate of drug-likeness (QED) is 0.622. The average molecular weight is 212 g/mol. The van der Waals surface area contributed by atoms with Gasteiger partial charge < -0.3 is 9.47 Å². The van der Waals surface area contributed by atoms with Crippen LogP contribution in [0.1, 0.15) is 12.8 Å². The van der Waals surface area contributed by atoms with Gasteiger partial charge in [-0.25, -0.2) is 0 Å². The van der Waals surface area contributed by atoms with Crippen LogP contribution in [0.5, 0.6) is 0 Å². The summed E-state index contributed by atoms with van der Waals surface area (Å²) in [5.74, 6) is 0.565. The first-order valence-electron chi connectivity index (χ1n) is 5.51. The molecule has 0 aliphatic carbocycles. The van der Waals surface area contributed by atoms with Gasteiger partial charge in [-0.3, -0.25) is 0 Å². The van der Waals surface area contributed by atoms with E-state index in [4.69, 9.17) is 9.47 Å². The van der Waals surface area contributed by atoms with Gasteiger partial charge in [0.15, 0.2) is 6.29 Å². The van der Waals surface area contributed by atoms with E-state index >= 15 is 0 Å². The number of hydrogen-bond acceptors (Lipinski definition) is 2. The van der Waals surface area contributed by atoms with Gasteiger partial charge in [-0.2, -0.15) is 0 Å². The summed E-state index contributed by atoms with van der Waals surface area (Å²) < 4.78 is 11.2. The van der Waals surface area contributed by atoms with Crippen LogP contribution in [-0.4, -0.2) is 27.6 Å². The minimum absolute atomic E-state index is 0.0753. The summed E-state index contributed by atoms with van der Waals surface area (Å²) in [5.41, 5.74) is 4.00. The van der Waals surface area contributed by atoms with Gasteiger partial charge in [0.25, 0.3) is 0 Å². The Kier molecular flexibility index (Phi) is 2.82. The highest BCUT2D eigenvalue weighted by Crippen LogP contribution is 2.35. The Hall–Kier alpha value is -0.123. The highest BCUT2D eigenvalue weighted by atomic mass is 28.3. The molecule has 0 aromatic rings. The Balaban J connectivity index is 2.11. The first-order chi connectivity index (χ1) is 6.56. The Morgan fingerprint density at radius 1 is 1.29 bits per heavy atom. The van der Waals surface area contributed by atoms with Gasteiger partial charge in [-0.05, 0) is 18.4 Å². The van der Waals surface area contributed by atoms with Crippen molar-refractivity contribution in [2.75, 3.05) is 13.2 Å². The normalized spacial score (nSPS) is 36.1. The van der Waals surface area contributed by atoms with E-state index in [9.17, 15) is 0 Å². The lowest BCUT2D eigenvalue weighted by molar-refractivity contribution is -0.150. The second kappa shape index (κ2) is 3.80. The molecule has 2 saturated heterocycles. The third kappa shape index (κ3) is 2.27. The molecule has 2 unspecified atom stereocenters. The van der Waals surface area contributed by atoms with Crippen molar-refractivity contribution in [3.05, 3.63) is 11.3 Å². The van der Waals surface area contributed by atoms with Gasteiger partial charge in [0, 0.05) is 12.5 Å². The van der Waals surface area contributed by atoms with Crippen molar-refractivity contribution in [3.63, 3.8) is 0 Å². The standard InChI is InChI=1S/C11H20O2Si/c1-14(2,3)8-9-7-13-11-10(9)5-4-6-12-11/h8,10-11H,4-7H2,1-3H3/b9-8-. The molecule has 2 aliphatic heterocycles. The van der Waals surface area contributed by atoms with Crippen molar-refractivity contribution in [1.82, 2.24) is 0 Å². The first kappa shape index (κ1) is 10.4. The molecule has 2 fully saturated rings. The maximum absolute atomic E-state index is 5.65. The minimum Gasteiger partial charge on any atom is -0.352 e. The van der Waals surface area contributed by atoms with Crippen molar-refractivity contribution >= 4 is 8.07 Å². The Labute approximate surface area is 87.3 Å². The highest BCUT2D eigenvalue weighted by Gasteiger charge is 2.36. The van der Waals surface area contributed by atoms with Crippen molar-refractivity contribution in [3.8, 4) is 0 Å². The molecule has 0 N–H and O–H groups in total. The topological polar surface area (TPSA) is 18.5 Å². The second-order valence-electron chi connectivity index (χ2n) is 5.38. The van der Waals surface area contributed by atoms with Crippen LogP contribution in [0.3, 0.4) is 0 Å². The molecule has 0 spiro atoms. The summed E-state index contributed by atoms with van der Waals surface area (Å²) in [6.45, 7) is 8.80. The van der Waals surface area contributed by atoms with E-state index in [1.807, 2.05) is 0 Å². The van der Waals surface area contributed by atoms with Crippen molar-refractivity contribution in [2.24, 2.45) is 5.92 Å².